The summed E-state index contributed by atoms with van der Waals surface area (Å²) in [5.41, 5.74) is 3.45. The molecule has 5 rings (SSSR count). The SMILES string of the molecule is C[C@H](CC1CCC(c2ccnc3ccc(F)cc23)CC1)Nc1nc2cccnc2o1. The third kappa shape index (κ3) is 3.86. The van der Waals surface area contributed by atoms with Gasteiger partial charge in [0.25, 0.3) is 6.01 Å². The minimum Gasteiger partial charge on any atom is -0.404 e. The molecule has 5 nitrogen and oxygen atoms in total. The van der Waals surface area contributed by atoms with Crippen molar-refractivity contribution < 1.29 is 8.81 Å². The number of aromatic nitrogens is 3. The van der Waals surface area contributed by atoms with Crippen LogP contribution in [0.1, 0.15) is 50.5 Å². The van der Waals surface area contributed by atoms with Gasteiger partial charge in [-0.15, -0.1) is 0 Å². The lowest BCUT2D eigenvalue weighted by molar-refractivity contribution is 0.301. The van der Waals surface area contributed by atoms with Gasteiger partial charge in [-0.25, -0.2) is 9.37 Å². The van der Waals surface area contributed by atoms with Crippen molar-refractivity contribution in [1.29, 1.82) is 0 Å². The number of hydrogen-bond acceptors (Lipinski definition) is 5. The number of nitrogens with zero attached hydrogens (tertiary/aromatic N) is 3. The molecule has 1 aromatic carbocycles. The molecule has 154 valence electrons. The molecule has 3 heterocycles. The van der Waals surface area contributed by atoms with E-state index < -0.39 is 0 Å². The van der Waals surface area contributed by atoms with Gasteiger partial charge in [0.15, 0.2) is 0 Å². The van der Waals surface area contributed by atoms with Crippen molar-refractivity contribution in [2.45, 2.75) is 51.0 Å². The Morgan fingerprint density at radius 1 is 1.07 bits per heavy atom. The van der Waals surface area contributed by atoms with Gasteiger partial charge in [0.1, 0.15) is 11.3 Å². The van der Waals surface area contributed by atoms with Crippen LogP contribution in [0.15, 0.2) is 53.2 Å². The molecule has 1 saturated carbocycles. The molecular weight excluding hydrogens is 379 g/mol. The quantitative estimate of drug-likeness (QED) is 0.437. The Labute approximate surface area is 174 Å². The number of halogens is 1. The lowest BCUT2D eigenvalue weighted by Gasteiger charge is -2.31. The standard InChI is InChI=1S/C24H25FN4O/c1-15(28-24-29-22-3-2-11-27-23(22)30-24)13-16-4-6-17(7-5-16)19-10-12-26-21-9-8-18(25)14-20(19)21/h2-3,8-12,14-17H,4-7,13H2,1H3,(H,28,29)/t15-,16?,17?/m1/s1. The van der Waals surface area contributed by atoms with Crippen LogP contribution >= 0.6 is 0 Å². The summed E-state index contributed by atoms with van der Waals surface area (Å²) in [7, 11) is 0. The van der Waals surface area contributed by atoms with Crippen LogP contribution in [0.2, 0.25) is 0 Å². The number of anilines is 1. The molecule has 1 aliphatic rings. The second kappa shape index (κ2) is 8.01. The van der Waals surface area contributed by atoms with Crippen LogP contribution < -0.4 is 5.32 Å². The van der Waals surface area contributed by atoms with Gasteiger partial charge in [0, 0.05) is 23.8 Å². The Balaban J connectivity index is 1.20. The molecule has 1 N–H and O–H groups in total. The Bertz CT molecular complexity index is 1130. The Hall–Kier alpha value is -3.02. The zero-order valence-corrected chi connectivity index (χ0v) is 17.0. The van der Waals surface area contributed by atoms with E-state index in [-0.39, 0.29) is 11.9 Å². The highest BCUT2D eigenvalue weighted by atomic mass is 19.1. The molecule has 6 heteroatoms. The number of hydrogen-bond donors (Lipinski definition) is 1. The first-order valence-electron chi connectivity index (χ1n) is 10.7. The van der Waals surface area contributed by atoms with Crippen molar-refractivity contribution in [3.8, 4) is 0 Å². The highest BCUT2D eigenvalue weighted by Crippen LogP contribution is 2.40. The molecule has 0 aliphatic heterocycles. The largest absolute Gasteiger partial charge is 0.404 e. The Morgan fingerprint density at radius 2 is 1.93 bits per heavy atom. The molecule has 3 aromatic heterocycles. The minimum atomic E-state index is -0.195. The van der Waals surface area contributed by atoms with Gasteiger partial charge in [0.05, 0.1) is 5.52 Å². The van der Waals surface area contributed by atoms with Gasteiger partial charge in [0.2, 0.25) is 5.71 Å². The first-order chi connectivity index (χ1) is 14.7. The van der Waals surface area contributed by atoms with Gasteiger partial charge >= 0.3 is 0 Å². The summed E-state index contributed by atoms with van der Waals surface area (Å²) in [4.78, 5) is 13.0. The van der Waals surface area contributed by atoms with E-state index >= 15 is 0 Å². The number of nitrogens with one attached hydrogen (secondary N) is 1. The van der Waals surface area contributed by atoms with E-state index in [0.717, 1.165) is 35.7 Å². The van der Waals surface area contributed by atoms with Crippen LogP contribution in [0.25, 0.3) is 22.1 Å². The predicted molar refractivity (Wildman–Crippen MR) is 116 cm³/mol. The van der Waals surface area contributed by atoms with Crippen molar-refractivity contribution in [3.63, 3.8) is 0 Å². The van der Waals surface area contributed by atoms with Gasteiger partial charge in [-0.2, -0.15) is 4.98 Å². The van der Waals surface area contributed by atoms with E-state index in [4.69, 9.17) is 4.42 Å². The average molecular weight is 404 g/mol. The Morgan fingerprint density at radius 3 is 2.77 bits per heavy atom. The maximum atomic E-state index is 13.8. The van der Waals surface area contributed by atoms with Crippen molar-refractivity contribution in [2.75, 3.05) is 5.32 Å². The number of pyridine rings is 2. The van der Waals surface area contributed by atoms with Gasteiger partial charge in [-0.3, -0.25) is 4.98 Å². The topological polar surface area (TPSA) is 63.8 Å². The first kappa shape index (κ1) is 19.0. The summed E-state index contributed by atoms with van der Waals surface area (Å²) in [6.45, 7) is 2.17. The molecule has 0 radical (unpaired) electrons. The second-order valence-electron chi connectivity index (χ2n) is 8.41. The zero-order valence-electron chi connectivity index (χ0n) is 17.0. The summed E-state index contributed by atoms with van der Waals surface area (Å²) < 4.78 is 19.5. The van der Waals surface area contributed by atoms with Crippen molar-refractivity contribution in [2.24, 2.45) is 5.92 Å². The van der Waals surface area contributed by atoms with Crippen LogP contribution in [0.4, 0.5) is 10.4 Å². The van der Waals surface area contributed by atoms with Gasteiger partial charge in [-0.1, -0.05) is 0 Å². The maximum absolute atomic E-state index is 13.8. The molecule has 0 bridgehead atoms. The van der Waals surface area contributed by atoms with E-state index in [9.17, 15) is 4.39 Å². The summed E-state index contributed by atoms with van der Waals surface area (Å²) in [5, 5.41) is 4.34. The van der Waals surface area contributed by atoms with Crippen molar-refractivity contribution in [1.82, 2.24) is 15.0 Å². The third-order valence-electron chi connectivity index (χ3n) is 6.25. The normalized spacial score (nSPS) is 20.5. The van der Waals surface area contributed by atoms with Crippen molar-refractivity contribution in [3.05, 3.63) is 60.2 Å². The molecule has 0 amide bonds. The number of rotatable bonds is 5. The molecule has 1 aliphatic carbocycles. The van der Waals surface area contributed by atoms with E-state index in [2.05, 4.69) is 33.3 Å². The predicted octanol–water partition coefficient (Wildman–Crippen LogP) is 6.07. The maximum Gasteiger partial charge on any atom is 0.297 e. The minimum absolute atomic E-state index is 0.195. The summed E-state index contributed by atoms with van der Waals surface area (Å²) in [5.74, 6) is 0.941. The summed E-state index contributed by atoms with van der Waals surface area (Å²) >= 11 is 0. The van der Waals surface area contributed by atoms with E-state index in [1.165, 1.54) is 24.5 Å². The lowest BCUT2D eigenvalue weighted by Crippen LogP contribution is -2.23. The Kier molecular flexibility index (Phi) is 5.07. The molecular formula is C24H25FN4O. The van der Waals surface area contributed by atoms with Gasteiger partial charge in [-0.05, 0) is 92.8 Å². The fourth-order valence-corrected chi connectivity index (χ4v) is 4.81. The van der Waals surface area contributed by atoms with Gasteiger partial charge < -0.3 is 9.73 Å². The molecule has 4 aromatic rings. The molecule has 0 saturated heterocycles. The van der Waals surface area contributed by atoms with Crippen LogP contribution in [0, 0.1) is 11.7 Å². The molecule has 0 spiro atoms. The highest BCUT2D eigenvalue weighted by molar-refractivity contribution is 5.82. The molecule has 1 fully saturated rings. The summed E-state index contributed by atoms with van der Waals surface area (Å²) in [6, 6.07) is 11.5. The van der Waals surface area contributed by atoms with Crippen LogP contribution in [0.5, 0.6) is 0 Å². The second-order valence-corrected chi connectivity index (χ2v) is 8.41. The third-order valence-corrected chi connectivity index (χ3v) is 6.25. The highest BCUT2D eigenvalue weighted by Gasteiger charge is 2.25. The molecule has 0 unspecified atom stereocenters. The first-order valence-corrected chi connectivity index (χ1v) is 10.7. The average Bonchev–Trinajstić information content (AvgIpc) is 3.16. The monoisotopic (exact) mass is 404 g/mol. The number of fused-ring (bicyclic) bond motifs is 2. The fourth-order valence-electron chi connectivity index (χ4n) is 4.81. The number of oxazole rings is 1. The van der Waals surface area contributed by atoms with Crippen LogP contribution in [0.3, 0.4) is 0 Å². The molecule has 1 atom stereocenters. The molecule has 30 heavy (non-hydrogen) atoms. The van der Waals surface area contributed by atoms with Crippen LogP contribution in [-0.2, 0) is 0 Å². The smallest absolute Gasteiger partial charge is 0.297 e. The van der Waals surface area contributed by atoms with Crippen molar-refractivity contribution >= 4 is 28.1 Å². The zero-order chi connectivity index (χ0) is 20.5. The van der Waals surface area contributed by atoms with E-state index in [1.807, 2.05) is 18.3 Å². The van der Waals surface area contributed by atoms with Crippen LogP contribution in [-0.4, -0.2) is 21.0 Å². The lowest BCUT2D eigenvalue weighted by atomic mass is 9.76. The van der Waals surface area contributed by atoms with E-state index in [1.54, 1.807) is 18.3 Å². The summed E-state index contributed by atoms with van der Waals surface area (Å²) in [6.07, 6.45) is 9.22. The van der Waals surface area contributed by atoms with E-state index in [0.29, 0.717) is 23.6 Å². The fraction of sp³-hybridized carbons (Fsp3) is 0.375. The number of benzene rings is 1.